The maximum Gasteiger partial charge on any atom is 0.219 e. The SMILES string of the molecule is NNc1nnc(CN(Cc2ccsc2)C2CC2)s1. The maximum atomic E-state index is 5.32. The largest absolute Gasteiger partial charge is 0.298 e. The zero-order valence-electron chi connectivity index (χ0n) is 9.87. The van der Waals surface area contributed by atoms with Gasteiger partial charge >= 0.3 is 0 Å². The lowest BCUT2D eigenvalue weighted by molar-refractivity contribution is 0.245. The molecule has 3 rings (SSSR count). The van der Waals surface area contributed by atoms with Crippen molar-refractivity contribution in [1.82, 2.24) is 15.1 Å². The number of rotatable bonds is 6. The van der Waals surface area contributed by atoms with Crippen molar-refractivity contribution in [2.24, 2.45) is 5.84 Å². The van der Waals surface area contributed by atoms with Crippen molar-refractivity contribution in [2.45, 2.75) is 32.0 Å². The summed E-state index contributed by atoms with van der Waals surface area (Å²) in [6.07, 6.45) is 2.59. The molecule has 1 aliphatic carbocycles. The first kappa shape index (κ1) is 12.0. The quantitative estimate of drug-likeness (QED) is 0.626. The van der Waals surface area contributed by atoms with Gasteiger partial charge in [-0.3, -0.25) is 10.3 Å². The molecule has 5 nitrogen and oxygen atoms in total. The minimum atomic E-state index is 0.677. The van der Waals surface area contributed by atoms with Crippen molar-refractivity contribution in [3.8, 4) is 0 Å². The number of nitrogen functional groups attached to an aromatic ring is 1. The first-order chi connectivity index (χ1) is 8.85. The maximum absolute atomic E-state index is 5.32. The second-order valence-corrected chi connectivity index (χ2v) is 6.26. The van der Waals surface area contributed by atoms with Gasteiger partial charge in [0.25, 0.3) is 0 Å². The molecular formula is C11H15N5S2. The van der Waals surface area contributed by atoms with Crippen LogP contribution in [-0.4, -0.2) is 21.1 Å². The number of aromatic nitrogens is 2. The van der Waals surface area contributed by atoms with Crippen LogP contribution >= 0.6 is 22.7 Å². The summed E-state index contributed by atoms with van der Waals surface area (Å²) >= 11 is 3.27. The summed E-state index contributed by atoms with van der Waals surface area (Å²) in [6.45, 7) is 1.86. The minimum absolute atomic E-state index is 0.677. The van der Waals surface area contributed by atoms with E-state index in [1.807, 2.05) is 0 Å². The lowest BCUT2D eigenvalue weighted by atomic mass is 10.3. The van der Waals surface area contributed by atoms with Gasteiger partial charge in [0.1, 0.15) is 5.01 Å². The molecule has 0 aliphatic heterocycles. The topological polar surface area (TPSA) is 67.1 Å². The molecule has 18 heavy (non-hydrogen) atoms. The van der Waals surface area contributed by atoms with Crippen LogP contribution in [0.15, 0.2) is 16.8 Å². The molecule has 0 atom stereocenters. The molecule has 1 aliphatic rings. The molecule has 0 bridgehead atoms. The number of nitrogens with zero attached hydrogens (tertiary/aromatic N) is 3. The van der Waals surface area contributed by atoms with Crippen LogP contribution in [0, 0.1) is 0 Å². The second-order valence-electron chi connectivity index (χ2n) is 4.41. The fourth-order valence-electron chi connectivity index (χ4n) is 1.92. The van der Waals surface area contributed by atoms with Gasteiger partial charge in [0, 0.05) is 12.6 Å². The van der Waals surface area contributed by atoms with E-state index in [0.29, 0.717) is 11.2 Å². The molecule has 0 amide bonds. The number of anilines is 1. The van der Waals surface area contributed by atoms with E-state index in [4.69, 9.17) is 5.84 Å². The van der Waals surface area contributed by atoms with Crippen LogP contribution in [0.5, 0.6) is 0 Å². The third-order valence-corrected chi connectivity index (χ3v) is 4.53. The van der Waals surface area contributed by atoms with Crippen LogP contribution in [-0.2, 0) is 13.1 Å². The Labute approximate surface area is 114 Å². The highest BCUT2D eigenvalue weighted by molar-refractivity contribution is 7.15. The molecule has 0 unspecified atom stereocenters. The van der Waals surface area contributed by atoms with Crippen LogP contribution in [0.2, 0.25) is 0 Å². The van der Waals surface area contributed by atoms with Gasteiger partial charge < -0.3 is 0 Å². The van der Waals surface area contributed by atoms with Gasteiger partial charge in [-0.15, -0.1) is 10.2 Å². The Balaban J connectivity index is 1.66. The lowest BCUT2D eigenvalue weighted by Crippen LogP contribution is -2.24. The molecule has 0 aromatic carbocycles. The fraction of sp³-hybridized carbons (Fsp3) is 0.455. The standard InChI is InChI=1S/C11H15N5S2/c12-13-11-15-14-10(18-11)6-16(9-1-2-9)5-8-3-4-17-7-8/h3-4,7,9H,1-2,5-6,12H2,(H,13,15). The van der Waals surface area contributed by atoms with E-state index >= 15 is 0 Å². The van der Waals surface area contributed by atoms with Crippen molar-refractivity contribution in [3.05, 3.63) is 27.4 Å². The van der Waals surface area contributed by atoms with E-state index in [2.05, 4.69) is 37.3 Å². The Kier molecular flexibility index (Phi) is 3.55. The summed E-state index contributed by atoms with van der Waals surface area (Å²) < 4.78 is 0. The minimum Gasteiger partial charge on any atom is -0.298 e. The highest BCUT2D eigenvalue weighted by Crippen LogP contribution is 2.31. The number of hydrazine groups is 1. The van der Waals surface area contributed by atoms with Gasteiger partial charge in [-0.2, -0.15) is 11.3 Å². The van der Waals surface area contributed by atoms with E-state index in [1.165, 1.54) is 29.7 Å². The summed E-state index contributed by atoms with van der Waals surface area (Å²) in [5, 5.41) is 14.2. The average Bonchev–Trinajstić information content (AvgIpc) is 2.92. The summed E-state index contributed by atoms with van der Waals surface area (Å²) in [5.41, 5.74) is 3.92. The smallest absolute Gasteiger partial charge is 0.219 e. The third-order valence-electron chi connectivity index (χ3n) is 2.96. The van der Waals surface area contributed by atoms with Gasteiger partial charge in [0.2, 0.25) is 5.13 Å². The molecule has 1 fully saturated rings. The lowest BCUT2D eigenvalue weighted by Gasteiger charge is -2.19. The Morgan fingerprint density at radius 3 is 2.89 bits per heavy atom. The number of hydrogen-bond acceptors (Lipinski definition) is 7. The normalized spacial score (nSPS) is 15.2. The van der Waals surface area contributed by atoms with Crippen LogP contribution in [0.1, 0.15) is 23.4 Å². The Bertz CT molecular complexity index is 491. The molecule has 3 N–H and O–H groups in total. The first-order valence-corrected chi connectivity index (χ1v) is 7.65. The molecule has 2 aromatic rings. The van der Waals surface area contributed by atoms with Gasteiger partial charge in [0.15, 0.2) is 0 Å². The zero-order chi connectivity index (χ0) is 12.4. The number of nitrogens with one attached hydrogen (secondary N) is 1. The summed E-state index contributed by atoms with van der Waals surface area (Å²) in [7, 11) is 0. The van der Waals surface area contributed by atoms with E-state index < -0.39 is 0 Å². The molecule has 0 saturated heterocycles. The molecule has 2 aromatic heterocycles. The van der Waals surface area contributed by atoms with Crippen molar-refractivity contribution < 1.29 is 0 Å². The number of thiophene rings is 1. The number of nitrogens with two attached hydrogens (primary N) is 1. The monoisotopic (exact) mass is 281 g/mol. The summed E-state index contributed by atoms with van der Waals surface area (Å²) in [6, 6.07) is 2.90. The van der Waals surface area contributed by atoms with Crippen LogP contribution in [0.4, 0.5) is 5.13 Å². The van der Waals surface area contributed by atoms with Crippen LogP contribution in [0.3, 0.4) is 0 Å². The van der Waals surface area contributed by atoms with E-state index in [-0.39, 0.29) is 0 Å². The molecule has 2 heterocycles. The highest BCUT2D eigenvalue weighted by atomic mass is 32.1. The Morgan fingerprint density at radius 2 is 2.28 bits per heavy atom. The summed E-state index contributed by atoms with van der Waals surface area (Å²) in [4.78, 5) is 2.48. The van der Waals surface area contributed by atoms with Gasteiger partial charge in [-0.05, 0) is 35.2 Å². The fourth-order valence-corrected chi connectivity index (χ4v) is 3.26. The van der Waals surface area contributed by atoms with E-state index in [9.17, 15) is 0 Å². The molecule has 0 spiro atoms. The molecule has 1 saturated carbocycles. The van der Waals surface area contributed by atoms with Crippen LogP contribution in [0.25, 0.3) is 0 Å². The zero-order valence-corrected chi connectivity index (χ0v) is 11.5. The predicted molar refractivity (Wildman–Crippen MR) is 74.3 cm³/mol. The van der Waals surface area contributed by atoms with E-state index in [1.54, 1.807) is 11.3 Å². The second kappa shape index (κ2) is 5.31. The predicted octanol–water partition coefficient (Wildman–Crippen LogP) is 2.05. The van der Waals surface area contributed by atoms with Crippen molar-refractivity contribution in [3.63, 3.8) is 0 Å². The molecular weight excluding hydrogens is 266 g/mol. The van der Waals surface area contributed by atoms with Crippen molar-refractivity contribution in [2.75, 3.05) is 5.43 Å². The highest BCUT2D eigenvalue weighted by Gasteiger charge is 2.29. The molecule has 96 valence electrons. The van der Waals surface area contributed by atoms with Gasteiger partial charge in [0.05, 0.1) is 6.54 Å². The van der Waals surface area contributed by atoms with Crippen molar-refractivity contribution in [1.29, 1.82) is 0 Å². The Morgan fingerprint density at radius 1 is 1.39 bits per heavy atom. The molecule has 0 radical (unpaired) electrons. The van der Waals surface area contributed by atoms with Gasteiger partial charge in [-0.25, -0.2) is 5.84 Å². The van der Waals surface area contributed by atoms with E-state index in [0.717, 1.165) is 18.1 Å². The number of hydrogen-bond donors (Lipinski definition) is 2. The third kappa shape index (κ3) is 2.86. The molecule has 7 heteroatoms. The van der Waals surface area contributed by atoms with Gasteiger partial charge in [-0.1, -0.05) is 11.3 Å². The Hall–Kier alpha value is -1.02. The first-order valence-electron chi connectivity index (χ1n) is 5.89. The van der Waals surface area contributed by atoms with Crippen LogP contribution < -0.4 is 11.3 Å². The van der Waals surface area contributed by atoms with Crippen molar-refractivity contribution >= 4 is 27.8 Å². The summed E-state index contributed by atoms with van der Waals surface area (Å²) in [5.74, 6) is 5.32. The average molecular weight is 281 g/mol.